The summed E-state index contributed by atoms with van der Waals surface area (Å²) in [5, 5.41) is 3.29. The maximum Gasteiger partial charge on any atom is 0.148 e. The van der Waals surface area contributed by atoms with Crippen LogP contribution in [-0.2, 0) is 6.42 Å². The van der Waals surface area contributed by atoms with Crippen molar-refractivity contribution in [1.29, 1.82) is 0 Å². The molecule has 0 amide bonds. The molecule has 7 heteroatoms. The summed E-state index contributed by atoms with van der Waals surface area (Å²) in [7, 11) is 1.64. The summed E-state index contributed by atoms with van der Waals surface area (Å²) >= 11 is 3.47. The van der Waals surface area contributed by atoms with Crippen molar-refractivity contribution in [3.8, 4) is 5.75 Å². The van der Waals surface area contributed by atoms with E-state index in [0.29, 0.717) is 5.82 Å². The number of methoxy groups -OCH3 is 1. The first-order valence-corrected chi connectivity index (χ1v) is 7.40. The lowest BCUT2D eigenvalue weighted by Crippen LogP contribution is -2.13. The summed E-state index contributed by atoms with van der Waals surface area (Å²) in [5.74, 6) is 7.68. The van der Waals surface area contributed by atoms with E-state index in [2.05, 4.69) is 43.6 Å². The highest BCUT2D eigenvalue weighted by atomic mass is 79.9. The largest absolute Gasteiger partial charge is 0.496 e. The van der Waals surface area contributed by atoms with Crippen molar-refractivity contribution >= 4 is 33.3 Å². The van der Waals surface area contributed by atoms with Crippen molar-refractivity contribution in [2.45, 2.75) is 19.8 Å². The molecule has 0 aliphatic carbocycles. The Morgan fingerprint density at radius 1 is 1.29 bits per heavy atom. The lowest BCUT2D eigenvalue weighted by Gasteiger charge is -2.14. The SMILES string of the molecule is CCCc1c(NN)ncnc1Nc1ccc(OC)c(Br)c1. The van der Waals surface area contributed by atoms with E-state index in [0.717, 1.165) is 40.1 Å². The quantitative estimate of drug-likeness (QED) is 0.547. The van der Waals surface area contributed by atoms with Crippen LogP contribution in [-0.4, -0.2) is 17.1 Å². The second kappa shape index (κ2) is 7.24. The van der Waals surface area contributed by atoms with Crippen LogP contribution in [0.5, 0.6) is 5.75 Å². The number of nitrogens with two attached hydrogens (primary N) is 1. The summed E-state index contributed by atoms with van der Waals surface area (Å²) in [6.07, 6.45) is 3.29. The number of nitrogens with one attached hydrogen (secondary N) is 2. The van der Waals surface area contributed by atoms with Gasteiger partial charge in [0.15, 0.2) is 0 Å². The highest BCUT2D eigenvalue weighted by Crippen LogP contribution is 2.30. The van der Waals surface area contributed by atoms with Gasteiger partial charge in [0.25, 0.3) is 0 Å². The normalized spacial score (nSPS) is 10.3. The third-order valence-electron chi connectivity index (χ3n) is 3.00. The molecule has 0 spiro atoms. The van der Waals surface area contributed by atoms with Gasteiger partial charge in [-0.05, 0) is 40.5 Å². The number of halogens is 1. The van der Waals surface area contributed by atoms with E-state index in [-0.39, 0.29) is 0 Å². The summed E-state index contributed by atoms with van der Waals surface area (Å²) in [6, 6.07) is 5.75. The van der Waals surface area contributed by atoms with Gasteiger partial charge >= 0.3 is 0 Å². The van der Waals surface area contributed by atoms with Crippen molar-refractivity contribution in [1.82, 2.24) is 9.97 Å². The minimum Gasteiger partial charge on any atom is -0.496 e. The Balaban J connectivity index is 2.32. The van der Waals surface area contributed by atoms with Crippen LogP contribution < -0.4 is 21.3 Å². The van der Waals surface area contributed by atoms with E-state index in [4.69, 9.17) is 10.6 Å². The average molecular weight is 352 g/mol. The molecule has 1 aromatic heterocycles. The number of anilines is 3. The number of rotatable bonds is 6. The highest BCUT2D eigenvalue weighted by Gasteiger charge is 2.11. The molecule has 0 unspecified atom stereocenters. The molecular formula is C14H18BrN5O. The first-order valence-electron chi connectivity index (χ1n) is 6.60. The zero-order chi connectivity index (χ0) is 15.2. The molecule has 0 saturated heterocycles. The second-order valence-electron chi connectivity index (χ2n) is 4.42. The van der Waals surface area contributed by atoms with Crippen LogP contribution in [0.25, 0.3) is 0 Å². The monoisotopic (exact) mass is 351 g/mol. The number of nitrogen functional groups attached to an aromatic ring is 1. The molecule has 6 nitrogen and oxygen atoms in total. The van der Waals surface area contributed by atoms with Crippen molar-refractivity contribution < 1.29 is 4.74 Å². The van der Waals surface area contributed by atoms with E-state index in [9.17, 15) is 0 Å². The average Bonchev–Trinajstić information content (AvgIpc) is 2.49. The predicted octanol–water partition coefficient (Wildman–Crippen LogP) is 3.23. The molecule has 0 atom stereocenters. The Kier molecular flexibility index (Phi) is 5.35. The standard InChI is InChI=1S/C14H18BrN5O/c1-3-4-10-13(17-8-18-14(10)20-16)19-9-5-6-12(21-2)11(15)7-9/h5-8H,3-4,16H2,1-2H3,(H2,17,18,19,20). The maximum absolute atomic E-state index is 5.51. The van der Waals surface area contributed by atoms with Crippen molar-refractivity contribution in [2.24, 2.45) is 5.84 Å². The zero-order valence-electron chi connectivity index (χ0n) is 12.0. The minimum absolute atomic E-state index is 0.641. The Bertz CT molecular complexity index is 620. The Hall–Kier alpha value is -1.86. The molecule has 4 N–H and O–H groups in total. The summed E-state index contributed by atoms with van der Waals surface area (Å²) < 4.78 is 6.10. The van der Waals surface area contributed by atoms with Gasteiger partial charge in [0.05, 0.1) is 11.6 Å². The number of ether oxygens (including phenoxy) is 1. The summed E-state index contributed by atoms with van der Waals surface area (Å²) in [6.45, 7) is 2.10. The number of aromatic nitrogens is 2. The van der Waals surface area contributed by atoms with Crippen LogP contribution in [0.15, 0.2) is 29.0 Å². The van der Waals surface area contributed by atoms with E-state index in [1.54, 1.807) is 7.11 Å². The van der Waals surface area contributed by atoms with Crippen LogP contribution in [0, 0.1) is 0 Å². The fraction of sp³-hybridized carbons (Fsp3) is 0.286. The number of benzene rings is 1. The smallest absolute Gasteiger partial charge is 0.148 e. The third-order valence-corrected chi connectivity index (χ3v) is 3.62. The van der Waals surface area contributed by atoms with Gasteiger partial charge in [0, 0.05) is 11.3 Å². The van der Waals surface area contributed by atoms with Crippen molar-refractivity contribution in [3.05, 3.63) is 34.6 Å². The predicted molar refractivity (Wildman–Crippen MR) is 87.8 cm³/mol. The van der Waals surface area contributed by atoms with Gasteiger partial charge in [0.1, 0.15) is 23.7 Å². The number of hydrogen-bond acceptors (Lipinski definition) is 6. The molecule has 0 radical (unpaired) electrons. The molecule has 0 saturated carbocycles. The molecule has 0 aliphatic heterocycles. The highest BCUT2D eigenvalue weighted by molar-refractivity contribution is 9.10. The fourth-order valence-electron chi connectivity index (χ4n) is 2.01. The van der Waals surface area contributed by atoms with Gasteiger partial charge in [-0.1, -0.05) is 13.3 Å². The lowest BCUT2D eigenvalue weighted by atomic mass is 10.1. The lowest BCUT2D eigenvalue weighted by molar-refractivity contribution is 0.412. The molecule has 0 bridgehead atoms. The van der Waals surface area contributed by atoms with E-state index < -0.39 is 0 Å². The Morgan fingerprint density at radius 2 is 2.05 bits per heavy atom. The van der Waals surface area contributed by atoms with E-state index in [1.807, 2.05) is 18.2 Å². The first-order chi connectivity index (χ1) is 10.2. The minimum atomic E-state index is 0.641. The first kappa shape index (κ1) is 15.5. The molecule has 1 heterocycles. The summed E-state index contributed by atoms with van der Waals surface area (Å²) in [5.41, 5.74) is 4.49. The van der Waals surface area contributed by atoms with Gasteiger partial charge in [-0.3, -0.25) is 0 Å². The fourth-order valence-corrected chi connectivity index (χ4v) is 2.55. The van der Waals surface area contributed by atoms with E-state index >= 15 is 0 Å². The number of hydrogen-bond donors (Lipinski definition) is 3. The van der Waals surface area contributed by atoms with E-state index in [1.165, 1.54) is 6.33 Å². The molecule has 21 heavy (non-hydrogen) atoms. The topological polar surface area (TPSA) is 85.1 Å². The van der Waals surface area contributed by atoms with Gasteiger partial charge in [-0.2, -0.15) is 0 Å². The van der Waals surface area contributed by atoms with Gasteiger partial charge in [-0.25, -0.2) is 15.8 Å². The third kappa shape index (κ3) is 3.62. The van der Waals surface area contributed by atoms with Crippen LogP contribution in [0.3, 0.4) is 0 Å². The van der Waals surface area contributed by atoms with Crippen molar-refractivity contribution in [3.63, 3.8) is 0 Å². The van der Waals surface area contributed by atoms with Gasteiger partial charge in [-0.15, -0.1) is 0 Å². The molecule has 0 aliphatic rings. The molecular weight excluding hydrogens is 334 g/mol. The van der Waals surface area contributed by atoms with Crippen molar-refractivity contribution in [2.75, 3.05) is 17.9 Å². The maximum atomic E-state index is 5.51. The molecule has 1 aromatic carbocycles. The van der Waals surface area contributed by atoms with Crippen LogP contribution in [0.1, 0.15) is 18.9 Å². The van der Waals surface area contributed by atoms with Crippen LogP contribution in [0.4, 0.5) is 17.3 Å². The molecule has 0 fully saturated rings. The Morgan fingerprint density at radius 3 is 2.67 bits per heavy atom. The Labute approximate surface area is 132 Å². The van der Waals surface area contributed by atoms with Gasteiger partial charge < -0.3 is 15.5 Å². The van der Waals surface area contributed by atoms with Crippen LogP contribution >= 0.6 is 15.9 Å². The molecule has 112 valence electrons. The number of nitrogens with zero attached hydrogens (tertiary/aromatic N) is 2. The number of hydrazine groups is 1. The van der Waals surface area contributed by atoms with Crippen LogP contribution in [0.2, 0.25) is 0 Å². The summed E-state index contributed by atoms with van der Waals surface area (Å²) in [4.78, 5) is 8.46. The molecule has 2 rings (SSSR count). The molecule has 2 aromatic rings. The zero-order valence-corrected chi connectivity index (χ0v) is 13.6. The second-order valence-corrected chi connectivity index (χ2v) is 5.27. The van der Waals surface area contributed by atoms with Gasteiger partial charge in [0.2, 0.25) is 0 Å².